The summed E-state index contributed by atoms with van der Waals surface area (Å²) in [5, 5.41) is 2.60. The van der Waals surface area contributed by atoms with Gasteiger partial charge in [-0.25, -0.2) is 0 Å². The molecule has 0 aliphatic carbocycles. The van der Waals surface area contributed by atoms with Gasteiger partial charge in [0.25, 0.3) is 0 Å². The SMILES string of the molecule is SCc1ccc(CS)c2ccccc12. The molecule has 14 heavy (non-hydrogen) atoms. The molecule has 0 amide bonds. The van der Waals surface area contributed by atoms with E-state index in [0.29, 0.717) is 0 Å². The standard InChI is InChI=1S/C12H12S2/c13-7-9-5-6-10(8-14)12-4-2-1-3-11(9)12/h1-6,13-14H,7-8H2. The lowest BCUT2D eigenvalue weighted by Gasteiger charge is -2.07. The third kappa shape index (κ3) is 1.64. The Kier molecular flexibility index (Phi) is 3.04. The molecular weight excluding hydrogens is 208 g/mol. The molecule has 2 rings (SSSR count). The van der Waals surface area contributed by atoms with E-state index in [1.165, 1.54) is 21.9 Å². The summed E-state index contributed by atoms with van der Waals surface area (Å²) in [6.45, 7) is 0. The molecule has 2 aromatic rings. The fraction of sp³-hybridized carbons (Fsp3) is 0.167. The lowest BCUT2D eigenvalue weighted by molar-refractivity contribution is 1.41. The van der Waals surface area contributed by atoms with Crippen LogP contribution in [0.15, 0.2) is 36.4 Å². The van der Waals surface area contributed by atoms with Gasteiger partial charge in [-0.1, -0.05) is 36.4 Å². The van der Waals surface area contributed by atoms with Crippen LogP contribution in [0, 0.1) is 0 Å². The van der Waals surface area contributed by atoms with Crippen molar-refractivity contribution < 1.29 is 0 Å². The second-order valence-electron chi connectivity index (χ2n) is 3.25. The van der Waals surface area contributed by atoms with E-state index in [-0.39, 0.29) is 0 Å². The van der Waals surface area contributed by atoms with Crippen molar-refractivity contribution in [2.75, 3.05) is 0 Å². The monoisotopic (exact) mass is 220 g/mol. The molecular formula is C12H12S2. The molecule has 72 valence electrons. The Labute approximate surface area is 95.2 Å². The summed E-state index contributed by atoms with van der Waals surface area (Å²) in [6, 6.07) is 12.7. The molecule has 0 aliphatic rings. The molecule has 0 N–H and O–H groups in total. The maximum absolute atomic E-state index is 4.33. The van der Waals surface area contributed by atoms with E-state index in [1.54, 1.807) is 0 Å². The van der Waals surface area contributed by atoms with Crippen LogP contribution in [0.25, 0.3) is 10.8 Å². The Balaban J connectivity index is 2.78. The molecule has 2 aromatic carbocycles. The quantitative estimate of drug-likeness (QED) is 0.708. The Morgan fingerprint density at radius 3 is 1.50 bits per heavy atom. The summed E-state index contributed by atoms with van der Waals surface area (Å²) in [4.78, 5) is 0. The van der Waals surface area contributed by atoms with Crippen molar-refractivity contribution in [3.05, 3.63) is 47.5 Å². The van der Waals surface area contributed by atoms with Gasteiger partial charge < -0.3 is 0 Å². The summed E-state index contributed by atoms with van der Waals surface area (Å²) in [5.41, 5.74) is 2.57. The van der Waals surface area contributed by atoms with Crippen LogP contribution in [0.5, 0.6) is 0 Å². The van der Waals surface area contributed by atoms with Crippen LogP contribution in [0.1, 0.15) is 11.1 Å². The Morgan fingerprint density at radius 1 is 0.714 bits per heavy atom. The fourth-order valence-electron chi connectivity index (χ4n) is 1.70. The Morgan fingerprint density at radius 2 is 1.14 bits per heavy atom. The fourth-order valence-corrected chi connectivity index (χ4v) is 2.25. The van der Waals surface area contributed by atoms with Gasteiger partial charge in [0, 0.05) is 11.5 Å². The number of benzene rings is 2. The Bertz CT molecular complexity index is 407. The molecule has 0 aliphatic heterocycles. The van der Waals surface area contributed by atoms with Gasteiger partial charge in [-0.2, -0.15) is 25.3 Å². The first-order chi connectivity index (χ1) is 6.86. The average molecular weight is 220 g/mol. The summed E-state index contributed by atoms with van der Waals surface area (Å²) in [7, 11) is 0. The number of hydrogen-bond donors (Lipinski definition) is 2. The van der Waals surface area contributed by atoms with Crippen LogP contribution < -0.4 is 0 Å². The van der Waals surface area contributed by atoms with Gasteiger partial charge in [0.2, 0.25) is 0 Å². The first-order valence-electron chi connectivity index (χ1n) is 4.58. The molecule has 0 spiro atoms. The normalized spacial score (nSPS) is 10.7. The maximum Gasteiger partial charge on any atom is 0.0160 e. The zero-order valence-electron chi connectivity index (χ0n) is 7.77. The second-order valence-corrected chi connectivity index (χ2v) is 3.88. The zero-order valence-corrected chi connectivity index (χ0v) is 9.56. The minimum Gasteiger partial charge on any atom is -0.175 e. The molecule has 0 atom stereocenters. The number of rotatable bonds is 2. The first kappa shape index (κ1) is 9.94. The molecule has 0 saturated heterocycles. The van der Waals surface area contributed by atoms with Gasteiger partial charge in [-0.15, -0.1) is 0 Å². The topological polar surface area (TPSA) is 0 Å². The van der Waals surface area contributed by atoms with Crippen LogP contribution in [-0.4, -0.2) is 0 Å². The van der Waals surface area contributed by atoms with E-state index in [9.17, 15) is 0 Å². The van der Waals surface area contributed by atoms with E-state index in [2.05, 4.69) is 61.7 Å². The van der Waals surface area contributed by atoms with E-state index < -0.39 is 0 Å². The van der Waals surface area contributed by atoms with Crippen LogP contribution in [0.4, 0.5) is 0 Å². The number of hydrogen-bond acceptors (Lipinski definition) is 2. The number of thiol groups is 2. The van der Waals surface area contributed by atoms with Crippen molar-refractivity contribution in [2.24, 2.45) is 0 Å². The summed E-state index contributed by atoms with van der Waals surface area (Å²) in [5.74, 6) is 1.57. The van der Waals surface area contributed by atoms with Crippen molar-refractivity contribution >= 4 is 36.0 Å². The summed E-state index contributed by atoms with van der Waals surface area (Å²) in [6.07, 6.45) is 0. The lowest BCUT2D eigenvalue weighted by Crippen LogP contribution is -1.87. The van der Waals surface area contributed by atoms with Crippen molar-refractivity contribution in [1.29, 1.82) is 0 Å². The molecule has 0 unspecified atom stereocenters. The highest BCUT2D eigenvalue weighted by molar-refractivity contribution is 7.79. The largest absolute Gasteiger partial charge is 0.175 e. The van der Waals surface area contributed by atoms with Gasteiger partial charge in [-0.3, -0.25) is 0 Å². The van der Waals surface area contributed by atoms with Crippen molar-refractivity contribution in [2.45, 2.75) is 11.5 Å². The average Bonchev–Trinajstić information content (AvgIpc) is 2.27. The van der Waals surface area contributed by atoms with Gasteiger partial charge >= 0.3 is 0 Å². The van der Waals surface area contributed by atoms with Crippen molar-refractivity contribution in [1.82, 2.24) is 0 Å². The van der Waals surface area contributed by atoms with E-state index in [4.69, 9.17) is 0 Å². The van der Waals surface area contributed by atoms with E-state index in [0.717, 1.165) is 11.5 Å². The maximum atomic E-state index is 4.33. The molecule has 0 nitrogen and oxygen atoms in total. The van der Waals surface area contributed by atoms with Crippen LogP contribution >= 0.6 is 25.3 Å². The smallest absolute Gasteiger partial charge is 0.0160 e. The Hall–Kier alpha value is -0.600. The van der Waals surface area contributed by atoms with Crippen molar-refractivity contribution in [3.63, 3.8) is 0 Å². The van der Waals surface area contributed by atoms with Crippen LogP contribution in [-0.2, 0) is 11.5 Å². The van der Waals surface area contributed by atoms with Crippen LogP contribution in [0.3, 0.4) is 0 Å². The summed E-state index contributed by atoms with van der Waals surface area (Å²) >= 11 is 8.66. The first-order valence-corrected chi connectivity index (χ1v) is 5.84. The highest BCUT2D eigenvalue weighted by atomic mass is 32.1. The predicted molar refractivity (Wildman–Crippen MR) is 69.3 cm³/mol. The van der Waals surface area contributed by atoms with E-state index >= 15 is 0 Å². The number of fused-ring (bicyclic) bond motifs is 1. The molecule has 0 bridgehead atoms. The van der Waals surface area contributed by atoms with Gasteiger partial charge in [0.1, 0.15) is 0 Å². The molecule has 0 saturated carbocycles. The molecule has 0 heterocycles. The summed E-state index contributed by atoms with van der Waals surface area (Å²) < 4.78 is 0. The van der Waals surface area contributed by atoms with Gasteiger partial charge in [-0.05, 0) is 21.9 Å². The molecule has 2 heteroatoms. The molecule has 0 fully saturated rings. The van der Waals surface area contributed by atoms with Crippen molar-refractivity contribution in [3.8, 4) is 0 Å². The second kappa shape index (κ2) is 4.28. The minimum absolute atomic E-state index is 0.785. The predicted octanol–water partition coefficient (Wildman–Crippen LogP) is 3.70. The highest BCUT2D eigenvalue weighted by Gasteiger charge is 2.02. The van der Waals surface area contributed by atoms with Crippen LogP contribution in [0.2, 0.25) is 0 Å². The van der Waals surface area contributed by atoms with Gasteiger partial charge in [0.05, 0.1) is 0 Å². The lowest BCUT2D eigenvalue weighted by atomic mass is 10.0. The van der Waals surface area contributed by atoms with Gasteiger partial charge in [0.15, 0.2) is 0 Å². The third-order valence-corrected chi connectivity index (χ3v) is 3.13. The zero-order chi connectivity index (χ0) is 9.97. The highest BCUT2D eigenvalue weighted by Crippen LogP contribution is 2.24. The molecule has 0 aromatic heterocycles. The molecule has 0 radical (unpaired) electrons. The van der Waals surface area contributed by atoms with E-state index in [1.807, 2.05) is 0 Å². The minimum atomic E-state index is 0.785. The third-order valence-electron chi connectivity index (χ3n) is 2.45.